The summed E-state index contributed by atoms with van der Waals surface area (Å²) in [6.45, 7) is 14.3. The summed E-state index contributed by atoms with van der Waals surface area (Å²) in [6.07, 6.45) is 8.07. The van der Waals surface area contributed by atoms with E-state index in [-0.39, 0.29) is 39.4 Å². The van der Waals surface area contributed by atoms with Gasteiger partial charge in [0.2, 0.25) is 5.91 Å². The number of nitrogens with one attached hydrogen (secondary N) is 1. The second kappa shape index (κ2) is 14.0. The first-order valence-electron chi connectivity index (χ1n) is 18.1. The van der Waals surface area contributed by atoms with Gasteiger partial charge in [0.15, 0.2) is 10.1 Å². The van der Waals surface area contributed by atoms with E-state index in [4.69, 9.17) is 14.6 Å². The molecule has 2 saturated heterocycles. The van der Waals surface area contributed by atoms with Crippen molar-refractivity contribution in [3.8, 4) is 0 Å². The zero-order valence-electron chi connectivity index (χ0n) is 30.6. The molecule has 0 atom stereocenters. The minimum absolute atomic E-state index is 0.00169. The smallest absolute Gasteiger partial charge is 0.283 e. The van der Waals surface area contributed by atoms with Gasteiger partial charge < -0.3 is 9.47 Å². The number of sulfonamides is 2. The highest BCUT2D eigenvalue weighted by atomic mass is 32.2. The number of hydrogen-bond donors (Lipinski definition) is 2. The molecule has 3 N–H and O–H groups in total. The van der Waals surface area contributed by atoms with Crippen molar-refractivity contribution in [2.24, 2.45) is 5.14 Å². The Morgan fingerprint density at radius 3 is 1.63 bits per heavy atom. The molecule has 7 rings (SSSR count). The number of nitrogens with zero attached hydrogens (tertiary/aromatic N) is 4. The minimum atomic E-state index is -4.07. The molecule has 3 aromatic rings. The first-order chi connectivity index (χ1) is 24.0. The molecule has 2 aliphatic carbocycles. The third-order valence-corrected chi connectivity index (χ3v) is 13.1. The first kappa shape index (κ1) is 37.6. The molecule has 2 fully saturated rings. The maximum Gasteiger partial charge on any atom is 0.283 e. The van der Waals surface area contributed by atoms with Gasteiger partial charge in [-0.2, -0.15) is 18.6 Å². The van der Waals surface area contributed by atoms with E-state index in [0.717, 1.165) is 68.3 Å². The second-order valence-corrected chi connectivity index (χ2v) is 18.3. The van der Waals surface area contributed by atoms with Crippen LogP contribution >= 0.6 is 0 Å². The number of rotatable bonds is 11. The maximum atomic E-state index is 13.2. The molecule has 1 aromatic carbocycles. The van der Waals surface area contributed by atoms with Crippen LogP contribution in [0.25, 0.3) is 0 Å². The molecule has 0 radical (unpaired) electrons. The third-order valence-electron chi connectivity index (χ3n) is 11.1. The second-order valence-electron chi connectivity index (χ2n) is 15.2. The Bertz CT molecular complexity index is 1980. The SMILES string of the molecule is CCC1(c2cc(S(=O)(=O)NC(=O)Cc3c4c(cc5c3CCC5)CCC4)nn2C(C)C)COC1.CCC1(c2cc(S(N)(=O)=O)nn2C(C)C)COC1. The Labute approximate surface area is 301 Å². The summed E-state index contributed by atoms with van der Waals surface area (Å²) in [7, 11) is -7.83. The minimum Gasteiger partial charge on any atom is -0.379 e. The summed E-state index contributed by atoms with van der Waals surface area (Å²) in [5.41, 5.74) is 7.70. The Kier molecular flexibility index (Phi) is 10.4. The Balaban J connectivity index is 0.000000211. The van der Waals surface area contributed by atoms with Gasteiger partial charge in [-0.25, -0.2) is 18.3 Å². The molecule has 0 bridgehead atoms. The lowest BCUT2D eigenvalue weighted by atomic mass is 9.79. The summed E-state index contributed by atoms with van der Waals surface area (Å²) in [6, 6.07) is 5.61. The molecule has 4 aliphatic rings. The molecular formula is C36H52N6O7S2. The number of amides is 1. The maximum absolute atomic E-state index is 13.2. The molecule has 0 saturated carbocycles. The molecule has 1 amide bonds. The van der Waals surface area contributed by atoms with Crippen molar-refractivity contribution >= 4 is 26.0 Å². The van der Waals surface area contributed by atoms with Crippen LogP contribution in [0.3, 0.4) is 0 Å². The van der Waals surface area contributed by atoms with Crippen molar-refractivity contribution in [2.45, 2.75) is 132 Å². The summed E-state index contributed by atoms with van der Waals surface area (Å²) >= 11 is 0. The highest BCUT2D eigenvalue weighted by molar-refractivity contribution is 7.90. The Morgan fingerprint density at radius 1 is 0.784 bits per heavy atom. The van der Waals surface area contributed by atoms with Crippen molar-refractivity contribution in [3.63, 3.8) is 0 Å². The van der Waals surface area contributed by atoms with Crippen LogP contribution in [-0.4, -0.2) is 68.7 Å². The summed E-state index contributed by atoms with van der Waals surface area (Å²) in [4.78, 5) is 13.0. The van der Waals surface area contributed by atoms with Gasteiger partial charge in [-0.1, -0.05) is 19.9 Å². The fourth-order valence-corrected chi connectivity index (χ4v) is 9.32. The van der Waals surface area contributed by atoms with Crippen molar-refractivity contribution in [3.05, 3.63) is 57.4 Å². The molecule has 4 heterocycles. The molecule has 0 unspecified atom stereocenters. The number of nitrogens with two attached hydrogens (primary N) is 1. The lowest BCUT2D eigenvalue weighted by molar-refractivity contribution is -0.118. The Hall–Kier alpha value is -3.11. The molecular weight excluding hydrogens is 693 g/mol. The summed E-state index contributed by atoms with van der Waals surface area (Å²) < 4.78 is 65.7. The summed E-state index contributed by atoms with van der Waals surface area (Å²) in [5.74, 6) is -0.484. The number of benzene rings is 1. The molecule has 2 aliphatic heterocycles. The normalized spacial score (nSPS) is 18.8. The standard InChI is InChI=1S/C25H33N3O4S.C11H19N3O3S/c1-4-25(14-32-15-25)22-13-24(26-28(22)16(2)3)33(30,31)27-23(29)12-21-19-9-5-7-17(19)11-18-8-6-10-20(18)21;1-4-11(6-17-7-11)9-5-10(18(12,15)16)13-14(9)8(2)3/h11,13,16H,4-10,12,14-15H2,1-3H3,(H,27,29);5,8H,4,6-7H2,1-3H3,(H2,12,15,16). The van der Waals surface area contributed by atoms with Gasteiger partial charge in [-0.05, 0) is 107 Å². The van der Waals surface area contributed by atoms with E-state index in [9.17, 15) is 21.6 Å². The van der Waals surface area contributed by atoms with E-state index >= 15 is 0 Å². The molecule has 280 valence electrons. The fourth-order valence-electron chi connectivity index (χ4n) is 7.90. The van der Waals surface area contributed by atoms with Gasteiger partial charge in [0.1, 0.15) is 0 Å². The lowest BCUT2D eigenvalue weighted by Crippen LogP contribution is -2.47. The first-order valence-corrected chi connectivity index (χ1v) is 21.2. The average molecular weight is 745 g/mol. The van der Waals surface area contributed by atoms with Crippen LogP contribution in [0.5, 0.6) is 0 Å². The van der Waals surface area contributed by atoms with Crippen molar-refractivity contribution < 1.29 is 31.1 Å². The Morgan fingerprint density at radius 2 is 1.24 bits per heavy atom. The van der Waals surface area contributed by atoms with Crippen LogP contribution in [0.15, 0.2) is 28.3 Å². The van der Waals surface area contributed by atoms with Crippen LogP contribution < -0.4 is 9.86 Å². The topological polar surface area (TPSA) is 177 Å². The number of carbonyl (C=O) groups is 1. The van der Waals surface area contributed by atoms with Crippen molar-refractivity contribution in [2.75, 3.05) is 26.4 Å². The molecule has 51 heavy (non-hydrogen) atoms. The van der Waals surface area contributed by atoms with Gasteiger partial charge in [-0.15, -0.1) is 0 Å². The van der Waals surface area contributed by atoms with Gasteiger partial charge in [0, 0.05) is 24.2 Å². The summed E-state index contributed by atoms with van der Waals surface area (Å²) in [5, 5.41) is 13.5. The highest BCUT2D eigenvalue weighted by Crippen LogP contribution is 2.39. The van der Waals surface area contributed by atoms with Crippen LogP contribution in [0.1, 0.15) is 119 Å². The zero-order valence-corrected chi connectivity index (χ0v) is 32.3. The number of fused-ring (bicyclic) bond motifs is 2. The van der Waals surface area contributed by atoms with Crippen molar-refractivity contribution in [1.29, 1.82) is 0 Å². The van der Waals surface area contributed by atoms with Gasteiger partial charge in [-0.3, -0.25) is 14.2 Å². The zero-order chi connectivity index (χ0) is 36.9. The van der Waals surface area contributed by atoms with Gasteiger partial charge in [0.05, 0.1) is 55.1 Å². The van der Waals surface area contributed by atoms with Crippen LogP contribution in [0, 0.1) is 0 Å². The number of aromatic nitrogens is 4. The molecule has 13 nitrogen and oxygen atoms in total. The third kappa shape index (κ3) is 7.04. The van der Waals surface area contributed by atoms with E-state index in [1.54, 1.807) is 21.5 Å². The number of primary sulfonamides is 1. The van der Waals surface area contributed by atoms with E-state index in [1.165, 1.54) is 22.3 Å². The van der Waals surface area contributed by atoms with Gasteiger partial charge in [0.25, 0.3) is 20.0 Å². The predicted octanol–water partition coefficient (Wildman–Crippen LogP) is 3.96. The molecule has 0 spiro atoms. The van der Waals surface area contributed by atoms with Crippen LogP contribution in [0.4, 0.5) is 0 Å². The number of carbonyl (C=O) groups excluding carboxylic acids is 1. The quantitative estimate of drug-likeness (QED) is 0.294. The molecule has 2 aromatic heterocycles. The highest BCUT2D eigenvalue weighted by Gasteiger charge is 2.44. The predicted molar refractivity (Wildman–Crippen MR) is 192 cm³/mol. The largest absolute Gasteiger partial charge is 0.379 e. The van der Waals surface area contributed by atoms with E-state index in [2.05, 4.69) is 34.8 Å². The number of aryl methyl sites for hydroxylation is 2. The van der Waals surface area contributed by atoms with E-state index in [1.807, 2.05) is 27.7 Å². The van der Waals surface area contributed by atoms with Crippen LogP contribution in [-0.2, 0) is 77.2 Å². The number of hydrogen-bond acceptors (Lipinski definition) is 9. The lowest BCUT2D eigenvalue weighted by Gasteiger charge is -2.41. The van der Waals surface area contributed by atoms with E-state index < -0.39 is 26.0 Å². The monoisotopic (exact) mass is 744 g/mol. The van der Waals surface area contributed by atoms with Gasteiger partial charge >= 0.3 is 0 Å². The van der Waals surface area contributed by atoms with Crippen molar-refractivity contribution in [1.82, 2.24) is 24.3 Å². The fraction of sp³-hybridized carbons (Fsp3) is 0.639. The average Bonchev–Trinajstić information content (AvgIpc) is 3.82. The van der Waals surface area contributed by atoms with E-state index in [0.29, 0.717) is 26.4 Å². The molecule has 15 heteroatoms. The number of ether oxygens (including phenoxy) is 2. The van der Waals surface area contributed by atoms with Crippen LogP contribution in [0.2, 0.25) is 0 Å².